The molecular formula is C14H20FN3O3. The van der Waals surface area contributed by atoms with Gasteiger partial charge in [0.05, 0.1) is 12.1 Å². The van der Waals surface area contributed by atoms with E-state index in [1.54, 1.807) is 30.1 Å². The van der Waals surface area contributed by atoms with Crippen LogP contribution in [0.1, 0.15) is 12.8 Å². The van der Waals surface area contributed by atoms with Gasteiger partial charge < -0.3 is 20.6 Å². The van der Waals surface area contributed by atoms with Crippen molar-refractivity contribution < 1.29 is 19.1 Å². The molecular weight excluding hydrogens is 277 g/mol. The minimum Gasteiger partial charge on any atom is -0.481 e. The molecule has 0 aliphatic carbocycles. The second-order valence-electron chi connectivity index (χ2n) is 4.55. The van der Waals surface area contributed by atoms with Crippen molar-refractivity contribution in [2.24, 2.45) is 0 Å². The van der Waals surface area contributed by atoms with Gasteiger partial charge in [-0.25, -0.2) is 9.18 Å². The third-order valence-electron chi connectivity index (χ3n) is 2.84. The molecule has 7 heteroatoms. The predicted octanol–water partition coefficient (Wildman–Crippen LogP) is 1.43. The van der Waals surface area contributed by atoms with Crippen LogP contribution in [0.5, 0.6) is 0 Å². The number of nitrogens with zero attached hydrogens (tertiary/aromatic N) is 1. The average molecular weight is 297 g/mol. The fourth-order valence-electron chi connectivity index (χ4n) is 1.75. The Labute approximate surface area is 122 Å². The number of anilines is 1. The number of urea groups is 1. The van der Waals surface area contributed by atoms with E-state index in [1.165, 1.54) is 6.07 Å². The maximum atomic E-state index is 13.5. The molecule has 0 saturated carbocycles. The van der Waals surface area contributed by atoms with Gasteiger partial charge in [0.25, 0.3) is 0 Å². The standard InChI is InChI=1S/C14H20FN3O3/c1-18(12-6-3-2-5-11(12)15)10-4-8-16-14(21)17-9-7-13(19)20/h2-3,5-6H,4,7-10H2,1H3,(H,19,20)(H2,16,17,21). The summed E-state index contributed by atoms with van der Waals surface area (Å²) in [4.78, 5) is 23.4. The molecule has 2 amide bonds. The molecule has 0 aliphatic heterocycles. The summed E-state index contributed by atoms with van der Waals surface area (Å²) in [5, 5.41) is 13.5. The van der Waals surface area contributed by atoms with Crippen molar-refractivity contribution in [3.05, 3.63) is 30.1 Å². The van der Waals surface area contributed by atoms with E-state index in [9.17, 15) is 14.0 Å². The molecule has 1 rings (SSSR count). The highest BCUT2D eigenvalue weighted by Gasteiger charge is 2.06. The number of nitrogens with one attached hydrogen (secondary N) is 2. The number of benzene rings is 1. The van der Waals surface area contributed by atoms with Crippen LogP contribution in [0, 0.1) is 5.82 Å². The average Bonchev–Trinajstić information content (AvgIpc) is 2.43. The van der Waals surface area contributed by atoms with Gasteiger partial charge in [0.1, 0.15) is 5.82 Å². The SMILES string of the molecule is CN(CCCNC(=O)NCCC(=O)O)c1ccccc1F. The lowest BCUT2D eigenvalue weighted by atomic mass is 10.2. The molecule has 0 spiro atoms. The monoisotopic (exact) mass is 297 g/mol. The van der Waals surface area contributed by atoms with Crippen molar-refractivity contribution in [1.82, 2.24) is 10.6 Å². The van der Waals surface area contributed by atoms with E-state index in [0.29, 0.717) is 25.2 Å². The fourth-order valence-corrected chi connectivity index (χ4v) is 1.75. The highest BCUT2D eigenvalue weighted by Crippen LogP contribution is 2.16. The number of para-hydroxylation sites is 1. The molecule has 1 aromatic carbocycles. The van der Waals surface area contributed by atoms with Crippen molar-refractivity contribution in [3.63, 3.8) is 0 Å². The fraction of sp³-hybridized carbons (Fsp3) is 0.429. The van der Waals surface area contributed by atoms with Crippen LogP contribution in [0.3, 0.4) is 0 Å². The van der Waals surface area contributed by atoms with Crippen LogP contribution in [0.25, 0.3) is 0 Å². The van der Waals surface area contributed by atoms with E-state index in [2.05, 4.69) is 10.6 Å². The number of rotatable bonds is 8. The maximum absolute atomic E-state index is 13.5. The zero-order valence-corrected chi connectivity index (χ0v) is 11.9. The largest absolute Gasteiger partial charge is 0.481 e. The Balaban J connectivity index is 2.18. The number of carbonyl (C=O) groups is 2. The maximum Gasteiger partial charge on any atom is 0.314 e. The predicted molar refractivity (Wildman–Crippen MR) is 77.9 cm³/mol. The van der Waals surface area contributed by atoms with Crippen LogP contribution in [0.15, 0.2) is 24.3 Å². The minimum atomic E-state index is -0.957. The Kier molecular flexibility index (Phi) is 7.00. The Morgan fingerprint density at radius 1 is 1.24 bits per heavy atom. The Bertz CT molecular complexity index is 482. The molecule has 116 valence electrons. The van der Waals surface area contributed by atoms with Crippen LogP contribution in [-0.2, 0) is 4.79 Å². The first-order chi connectivity index (χ1) is 10.0. The minimum absolute atomic E-state index is 0.0935. The Morgan fingerprint density at radius 2 is 1.90 bits per heavy atom. The molecule has 0 saturated heterocycles. The molecule has 0 bridgehead atoms. The first-order valence-electron chi connectivity index (χ1n) is 6.70. The van der Waals surface area contributed by atoms with Crippen LogP contribution in [-0.4, -0.2) is 43.8 Å². The van der Waals surface area contributed by atoms with Crippen LogP contribution >= 0.6 is 0 Å². The number of carboxylic acids is 1. The van der Waals surface area contributed by atoms with Gasteiger partial charge in [-0.2, -0.15) is 0 Å². The van der Waals surface area contributed by atoms with Gasteiger partial charge in [-0.05, 0) is 18.6 Å². The van der Waals surface area contributed by atoms with Gasteiger partial charge in [-0.3, -0.25) is 4.79 Å². The number of hydrogen-bond donors (Lipinski definition) is 3. The molecule has 0 atom stereocenters. The summed E-state index contributed by atoms with van der Waals surface area (Å²) in [5.74, 6) is -1.24. The van der Waals surface area contributed by atoms with E-state index < -0.39 is 12.0 Å². The first-order valence-corrected chi connectivity index (χ1v) is 6.70. The van der Waals surface area contributed by atoms with E-state index in [1.807, 2.05) is 0 Å². The third kappa shape index (κ3) is 6.60. The highest BCUT2D eigenvalue weighted by atomic mass is 19.1. The molecule has 0 aromatic heterocycles. The van der Waals surface area contributed by atoms with Gasteiger partial charge in [-0.15, -0.1) is 0 Å². The molecule has 0 aliphatic rings. The molecule has 6 nitrogen and oxygen atoms in total. The summed E-state index contributed by atoms with van der Waals surface area (Å²) >= 11 is 0. The van der Waals surface area contributed by atoms with Crippen molar-refractivity contribution >= 4 is 17.7 Å². The van der Waals surface area contributed by atoms with E-state index in [-0.39, 0.29) is 18.8 Å². The van der Waals surface area contributed by atoms with Gasteiger partial charge in [0, 0.05) is 26.7 Å². The first kappa shape index (κ1) is 16.7. The highest BCUT2D eigenvalue weighted by molar-refractivity contribution is 5.74. The third-order valence-corrected chi connectivity index (χ3v) is 2.84. The number of aliphatic carboxylic acids is 1. The zero-order chi connectivity index (χ0) is 15.7. The lowest BCUT2D eigenvalue weighted by molar-refractivity contribution is -0.136. The van der Waals surface area contributed by atoms with Crippen LogP contribution in [0.4, 0.5) is 14.9 Å². The number of halogens is 1. The van der Waals surface area contributed by atoms with E-state index in [0.717, 1.165) is 0 Å². The molecule has 0 heterocycles. The number of hydrogen-bond acceptors (Lipinski definition) is 3. The molecule has 0 radical (unpaired) electrons. The van der Waals surface area contributed by atoms with Crippen LogP contribution in [0.2, 0.25) is 0 Å². The van der Waals surface area contributed by atoms with Crippen molar-refractivity contribution in [2.75, 3.05) is 31.6 Å². The van der Waals surface area contributed by atoms with Gasteiger partial charge in [0.2, 0.25) is 0 Å². The Hall–Kier alpha value is -2.31. The summed E-state index contributed by atoms with van der Waals surface area (Å²) < 4.78 is 13.5. The van der Waals surface area contributed by atoms with Gasteiger partial charge >= 0.3 is 12.0 Å². The lowest BCUT2D eigenvalue weighted by Crippen LogP contribution is -2.38. The Morgan fingerprint density at radius 3 is 2.57 bits per heavy atom. The van der Waals surface area contributed by atoms with E-state index in [4.69, 9.17) is 5.11 Å². The summed E-state index contributed by atoms with van der Waals surface area (Å²) in [6.45, 7) is 1.12. The summed E-state index contributed by atoms with van der Waals surface area (Å²) in [5.41, 5.74) is 0.517. The summed E-state index contributed by atoms with van der Waals surface area (Å²) in [6.07, 6.45) is 0.542. The number of amides is 2. The smallest absolute Gasteiger partial charge is 0.314 e. The second kappa shape index (κ2) is 8.78. The molecule has 0 unspecified atom stereocenters. The topological polar surface area (TPSA) is 81.7 Å². The molecule has 1 aromatic rings. The zero-order valence-electron chi connectivity index (χ0n) is 11.9. The van der Waals surface area contributed by atoms with Crippen molar-refractivity contribution in [1.29, 1.82) is 0 Å². The van der Waals surface area contributed by atoms with Crippen LogP contribution < -0.4 is 15.5 Å². The van der Waals surface area contributed by atoms with E-state index >= 15 is 0 Å². The number of carbonyl (C=O) groups excluding carboxylic acids is 1. The van der Waals surface area contributed by atoms with Gasteiger partial charge in [0.15, 0.2) is 0 Å². The summed E-state index contributed by atoms with van der Waals surface area (Å²) in [7, 11) is 1.78. The molecule has 3 N–H and O–H groups in total. The van der Waals surface area contributed by atoms with Gasteiger partial charge in [-0.1, -0.05) is 12.1 Å². The number of carboxylic acid groups (broad SMARTS) is 1. The van der Waals surface area contributed by atoms with Crippen molar-refractivity contribution in [3.8, 4) is 0 Å². The lowest BCUT2D eigenvalue weighted by Gasteiger charge is -2.19. The summed E-state index contributed by atoms with van der Waals surface area (Å²) in [6, 6.07) is 6.10. The van der Waals surface area contributed by atoms with Crippen molar-refractivity contribution in [2.45, 2.75) is 12.8 Å². The second-order valence-corrected chi connectivity index (χ2v) is 4.55. The molecule has 21 heavy (non-hydrogen) atoms. The normalized spacial score (nSPS) is 10.0. The quantitative estimate of drug-likeness (QED) is 0.634. The molecule has 0 fully saturated rings.